The van der Waals surface area contributed by atoms with Crippen LogP contribution in [0.5, 0.6) is 0 Å². The van der Waals surface area contributed by atoms with Crippen molar-refractivity contribution in [2.24, 2.45) is 0 Å². The van der Waals surface area contributed by atoms with Gasteiger partial charge in [0.05, 0.1) is 9.95 Å². The van der Waals surface area contributed by atoms with Crippen molar-refractivity contribution in [2.45, 2.75) is 6.92 Å². The first-order valence-corrected chi connectivity index (χ1v) is 7.32. The second-order valence-electron chi connectivity index (χ2n) is 4.72. The number of carbonyl (C=O) groups excluding carboxylic acids is 2. The molecule has 1 aromatic carbocycles. The van der Waals surface area contributed by atoms with Crippen LogP contribution < -0.4 is 0 Å². The second-order valence-corrected chi connectivity index (χ2v) is 5.52. The highest BCUT2D eigenvalue weighted by atomic mass is 35.5. The van der Waals surface area contributed by atoms with Gasteiger partial charge in [0.15, 0.2) is 12.3 Å². The number of nitro benzene ring substituents is 1. The molecule has 9 heteroatoms. The SMILES string of the molecule is Cc1ccc(C(=O)COC(=O)c2nc(Cl)ccc2Cl)cc1[N+](=O)[O-]. The molecule has 0 unspecified atom stereocenters. The van der Waals surface area contributed by atoms with Crippen LogP contribution in [0.15, 0.2) is 30.3 Å². The molecule has 0 saturated heterocycles. The van der Waals surface area contributed by atoms with Crippen molar-refractivity contribution in [3.63, 3.8) is 0 Å². The first-order valence-electron chi connectivity index (χ1n) is 6.57. The molecule has 0 spiro atoms. The molecule has 0 bridgehead atoms. The minimum absolute atomic E-state index is 0.0304. The Morgan fingerprint density at radius 3 is 2.62 bits per heavy atom. The van der Waals surface area contributed by atoms with Crippen LogP contribution in [-0.4, -0.2) is 28.3 Å². The van der Waals surface area contributed by atoms with Gasteiger partial charge in [-0.3, -0.25) is 14.9 Å². The van der Waals surface area contributed by atoms with E-state index in [9.17, 15) is 19.7 Å². The minimum atomic E-state index is -0.919. The lowest BCUT2D eigenvalue weighted by Crippen LogP contribution is -2.16. The summed E-state index contributed by atoms with van der Waals surface area (Å²) >= 11 is 11.5. The predicted octanol–water partition coefficient (Wildman–Crippen LogP) is 3.64. The maximum absolute atomic E-state index is 12.0. The molecule has 0 aliphatic rings. The molecule has 2 rings (SSSR count). The van der Waals surface area contributed by atoms with Gasteiger partial charge in [-0.2, -0.15) is 0 Å². The number of halogens is 2. The van der Waals surface area contributed by atoms with E-state index in [-0.39, 0.29) is 27.1 Å². The fourth-order valence-electron chi connectivity index (χ4n) is 1.82. The maximum Gasteiger partial charge on any atom is 0.359 e. The van der Waals surface area contributed by atoms with Crippen LogP contribution >= 0.6 is 23.2 Å². The van der Waals surface area contributed by atoms with E-state index in [0.29, 0.717) is 5.56 Å². The van der Waals surface area contributed by atoms with Gasteiger partial charge in [0.2, 0.25) is 5.78 Å². The molecule has 7 nitrogen and oxygen atoms in total. The molecule has 0 atom stereocenters. The molecule has 2 aromatic rings. The van der Waals surface area contributed by atoms with Gasteiger partial charge in [0, 0.05) is 17.2 Å². The van der Waals surface area contributed by atoms with Crippen molar-refractivity contribution in [2.75, 3.05) is 6.61 Å². The van der Waals surface area contributed by atoms with Gasteiger partial charge in [-0.15, -0.1) is 0 Å². The van der Waals surface area contributed by atoms with Crippen LogP contribution in [0.2, 0.25) is 10.2 Å². The van der Waals surface area contributed by atoms with Crippen LogP contribution in [0.1, 0.15) is 26.4 Å². The Morgan fingerprint density at radius 2 is 1.96 bits per heavy atom. The number of nitro groups is 1. The average Bonchev–Trinajstić information content (AvgIpc) is 2.54. The molecular weight excluding hydrogens is 359 g/mol. The molecule has 0 aliphatic heterocycles. The highest BCUT2D eigenvalue weighted by Gasteiger charge is 2.19. The number of pyridine rings is 1. The third-order valence-corrected chi connectivity index (χ3v) is 3.58. The number of Topliss-reactive ketones (excluding diaryl/α,β-unsaturated/α-hetero) is 1. The zero-order valence-corrected chi connectivity index (χ0v) is 13.8. The van der Waals surface area contributed by atoms with Crippen LogP contribution in [0, 0.1) is 17.0 Å². The lowest BCUT2D eigenvalue weighted by molar-refractivity contribution is -0.385. The van der Waals surface area contributed by atoms with Crippen LogP contribution in [0.4, 0.5) is 5.69 Å². The Hall–Kier alpha value is -2.51. The molecule has 24 heavy (non-hydrogen) atoms. The molecule has 0 aliphatic carbocycles. The van der Waals surface area contributed by atoms with E-state index in [1.54, 1.807) is 6.92 Å². The Morgan fingerprint density at radius 1 is 1.25 bits per heavy atom. The topological polar surface area (TPSA) is 99.4 Å². The highest BCUT2D eigenvalue weighted by Crippen LogP contribution is 2.20. The monoisotopic (exact) mass is 368 g/mol. The second kappa shape index (κ2) is 7.37. The summed E-state index contributed by atoms with van der Waals surface area (Å²) in [4.78, 5) is 38.0. The number of benzene rings is 1. The maximum atomic E-state index is 12.0. The molecule has 124 valence electrons. The molecule has 1 heterocycles. The number of aryl methyl sites for hydroxylation is 1. The van der Waals surface area contributed by atoms with Gasteiger partial charge in [-0.05, 0) is 19.1 Å². The zero-order chi connectivity index (χ0) is 17.9. The molecule has 1 aromatic heterocycles. The summed E-state index contributed by atoms with van der Waals surface area (Å²) in [6.07, 6.45) is 0. The molecule has 0 radical (unpaired) electrons. The van der Waals surface area contributed by atoms with E-state index in [1.807, 2.05) is 0 Å². The highest BCUT2D eigenvalue weighted by molar-refractivity contribution is 6.34. The van der Waals surface area contributed by atoms with Crippen molar-refractivity contribution in [1.29, 1.82) is 0 Å². The third kappa shape index (κ3) is 4.06. The first kappa shape index (κ1) is 17.8. The Bertz CT molecular complexity index is 839. The standard InChI is InChI=1S/C15H10Cl2N2O5/c1-8-2-3-9(6-11(8)19(22)23)12(20)7-24-15(21)14-10(16)4-5-13(17)18-14/h2-6H,7H2,1H3. The molecular formula is C15H10Cl2N2O5. The number of ether oxygens (including phenoxy) is 1. The Labute approximate surface area is 146 Å². The largest absolute Gasteiger partial charge is 0.453 e. The summed E-state index contributed by atoms with van der Waals surface area (Å²) in [6.45, 7) is 0.947. The number of carbonyl (C=O) groups is 2. The van der Waals surface area contributed by atoms with Crippen molar-refractivity contribution in [1.82, 2.24) is 4.98 Å². The van der Waals surface area contributed by atoms with E-state index in [0.717, 1.165) is 6.07 Å². The number of hydrogen-bond donors (Lipinski definition) is 0. The molecule has 0 amide bonds. The zero-order valence-electron chi connectivity index (χ0n) is 12.3. The van der Waals surface area contributed by atoms with E-state index in [4.69, 9.17) is 27.9 Å². The molecule has 0 N–H and O–H groups in total. The van der Waals surface area contributed by atoms with Crippen molar-refractivity contribution in [3.8, 4) is 0 Å². The number of rotatable bonds is 5. The van der Waals surface area contributed by atoms with E-state index < -0.39 is 23.3 Å². The van der Waals surface area contributed by atoms with Crippen molar-refractivity contribution < 1.29 is 19.2 Å². The van der Waals surface area contributed by atoms with Gasteiger partial charge in [0.25, 0.3) is 5.69 Å². The number of ketones is 1. The van der Waals surface area contributed by atoms with E-state index >= 15 is 0 Å². The molecule has 0 saturated carbocycles. The number of aromatic nitrogens is 1. The molecule has 0 fully saturated rings. The fraction of sp³-hybridized carbons (Fsp3) is 0.133. The van der Waals surface area contributed by atoms with Gasteiger partial charge in [-0.25, -0.2) is 9.78 Å². The fourth-order valence-corrected chi connectivity index (χ4v) is 2.15. The minimum Gasteiger partial charge on any atom is -0.453 e. The number of nitrogens with zero attached hydrogens (tertiary/aromatic N) is 2. The van der Waals surface area contributed by atoms with Crippen LogP contribution in [0.25, 0.3) is 0 Å². The normalized spacial score (nSPS) is 10.3. The lowest BCUT2D eigenvalue weighted by Gasteiger charge is -2.06. The number of hydrogen-bond acceptors (Lipinski definition) is 6. The van der Waals surface area contributed by atoms with Gasteiger partial charge in [0.1, 0.15) is 5.15 Å². The third-order valence-electron chi connectivity index (χ3n) is 3.07. The van der Waals surface area contributed by atoms with Gasteiger partial charge >= 0.3 is 5.97 Å². The summed E-state index contributed by atoms with van der Waals surface area (Å²) in [5.74, 6) is -1.51. The van der Waals surface area contributed by atoms with Crippen molar-refractivity contribution >= 4 is 40.6 Å². The smallest absolute Gasteiger partial charge is 0.359 e. The van der Waals surface area contributed by atoms with Crippen LogP contribution in [-0.2, 0) is 4.74 Å². The summed E-state index contributed by atoms with van der Waals surface area (Å²) in [5.41, 5.74) is 0.0762. The lowest BCUT2D eigenvalue weighted by atomic mass is 10.1. The van der Waals surface area contributed by atoms with Gasteiger partial charge in [-0.1, -0.05) is 35.3 Å². The first-order chi connectivity index (χ1) is 11.3. The Kier molecular flexibility index (Phi) is 5.48. The summed E-state index contributed by atoms with van der Waals surface area (Å²) in [7, 11) is 0. The Balaban J connectivity index is 2.10. The summed E-state index contributed by atoms with van der Waals surface area (Å²) < 4.78 is 4.85. The average molecular weight is 369 g/mol. The quantitative estimate of drug-likeness (QED) is 0.262. The van der Waals surface area contributed by atoms with Gasteiger partial charge < -0.3 is 4.74 Å². The van der Waals surface area contributed by atoms with E-state index in [1.165, 1.54) is 24.3 Å². The summed E-state index contributed by atoms with van der Waals surface area (Å²) in [5, 5.41) is 11.0. The summed E-state index contributed by atoms with van der Waals surface area (Å²) in [6, 6.07) is 6.78. The van der Waals surface area contributed by atoms with Crippen molar-refractivity contribution in [3.05, 3.63) is 67.4 Å². The van der Waals surface area contributed by atoms with Crippen LogP contribution in [0.3, 0.4) is 0 Å². The number of esters is 1. The van der Waals surface area contributed by atoms with E-state index in [2.05, 4.69) is 4.98 Å². The predicted molar refractivity (Wildman–Crippen MR) is 86.7 cm³/mol.